The monoisotopic (exact) mass is 563 g/mol. The molecule has 221 valence electrons. The predicted molar refractivity (Wildman–Crippen MR) is 149 cm³/mol. The molecule has 2 aromatic carbocycles. The lowest BCUT2D eigenvalue weighted by atomic mass is 9.68. The molecule has 0 aromatic heterocycles. The summed E-state index contributed by atoms with van der Waals surface area (Å²) in [6.45, 7) is 2.26. The Hall–Kier alpha value is -2.11. The highest BCUT2D eigenvalue weighted by Crippen LogP contribution is 2.46. The minimum atomic E-state index is -1.63. The van der Waals surface area contributed by atoms with Crippen LogP contribution in [0.4, 0.5) is 22.0 Å². The van der Waals surface area contributed by atoms with Crippen LogP contribution in [0.15, 0.2) is 18.2 Å². The predicted octanol–water partition coefficient (Wildman–Crippen LogP) is 11.6. The maximum Gasteiger partial charge on any atom is 0.194 e. The molecule has 0 bridgehead atoms. The summed E-state index contributed by atoms with van der Waals surface area (Å²) in [5.41, 5.74) is -0.0515. The second kappa shape index (κ2) is 15.2. The molecule has 0 spiro atoms. The van der Waals surface area contributed by atoms with Gasteiger partial charge in [-0.2, -0.15) is 0 Å². The molecule has 2 saturated carbocycles. The smallest absolute Gasteiger partial charge is 0.194 e. The highest BCUT2D eigenvalue weighted by atomic mass is 19.2. The Morgan fingerprint density at radius 2 is 1.23 bits per heavy atom. The van der Waals surface area contributed by atoms with Crippen LogP contribution in [0, 0.1) is 52.9 Å². The summed E-state index contributed by atoms with van der Waals surface area (Å²) in [6.07, 6.45) is 20.7. The fourth-order valence-electron chi connectivity index (χ4n) is 7.05. The maximum atomic E-state index is 15.3. The topological polar surface area (TPSA) is 9.23 Å². The van der Waals surface area contributed by atoms with Gasteiger partial charge in [0.1, 0.15) is 11.6 Å². The van der Waals surface area contributed by atoms with Crippen LogP contribution in [-0.2, 0) is 0 Å². The van der Waals surface area contributed by atoms with E-state index >= 15 is 4.39 Å². The first-order chi connectivity index (χ1) is 19.4. The van der Waals surface area contributed by atoms with Crippen molar-refractivity contribution < 1.29 is 26.7 Å². The van der Waals surface area contributed by atoms with Gasteiger partial charge in [-0.1, -0.05) is 77.6 Å². The van der Waals surface area contributed by atoms with Crippen molar-refractivity contribution in [3.05, 3.63) is 58.9 Å². The number of rotatable bonds is 13. The second-order valence-electron chi connectivity index (χ2n) is 12.2. The molecule has 1 nitrogen and oxygen atoms in total. The van der Waals surface area contributed by atoms with Crippen LogP contribution in [0.25, 0.3) is 0 Å². The van der Waals surface area contributed by atoms with Crippen molar-refractivity contribution in [2.45, 2.75) is 122 Å². The maximum absolute atomic E-state index is 15.3. The lowest BCUT2D eigenvalue weighted by molar-refractivity contribution is 0.154. The van der Waals surface area contributed by atoms with Crippen molar-refractivity contribution in [1.29, 1.82) is 0 Å². The molecule has 0 saturated heterocycles. The van der Waals surface area contributed by atoms with E-state index in [0.717, 1.165) is 24.8 Å². The number of ether oxygens (including phenoxy) is 1. The van der Waals surface area contributed by atoms with Crippen LogP contribution >= 0.6 is 0 Å². The first-order valence-electron chi connectivity index (χ1n) is 15.6. The summed E-state index contributed by atoms with van der Waals surface area (Å²) in [5.74, 6) is -5.10. The van der Waals surface area contributed by atoms with Crippen LogP contribution in [0.3, 0.4) is 0 Å². The third-order valence-corrected chi connectivity index (χ3v) is 9.40. The van der Waals surface area contributed by atoms with Crippen LogP contribution < -0.4 is 4.74 Å². The lowest BCUT2D eigenvalue weighted by Gasteiger charge is -2.38. The largest absolute Gasteiger partial charge is 0.453 e. The molecule has 2 fully saturated rings. The molecule has 2 aliphatic carbocycles. The Bertz CT molecular complexity index is 1050. The SMILES string of the molecule is CCCCCCCCCC[C@H]1CC[C@H](C2CCC(c3c(F)c[c]c(Oc4cc(F)c(F)c(F)c4)c3F)CC2)CC1. The van der Waals surface area contributed by atoms with Crippen molar-refractivity contribution in [2.24, 2.45) is 17.8 Å². The molecule has 2 aromatic rings. The van der Waals surface area contributed by atoms with Gasteiger partial charge >= 0.3 is 0 Å². The van der Waals surface area contributed by atoms with Gasteiger partial charge in [-0.25, -0.2) is 22.0 Å². The molecule has 4 rings (SSSR count). The van der Waals surface area contributed by atoms with E-state index in [2.05, 4.69) is 13.0 Å². The van der Waals surface area contributed by atoms with Gasteiger partial charge in [-0.05, 0) is 68.3 Å². The highest BCUT2D eigenvalue weighted by Gasteiger charge is 2.33. The van der Waals surface area contributed by atoms with Gasteiger partial charge in [0.15, 0.2) is 29.0 Å². The highest BCUT2D eigenvalue weighted by molar-refractivity contribution is 5.38. The van der Waals surface area contributed by atoms with Gasteiger partial charge in [0.25, 0.3) is 0 Å². The summed E-state index contributed by atoms with van der Waals surface area (Å²) < 4.78 is 75.7. The van der Waals surface area contributed by atoms with Crippen molar-refractivity contribution in [2.75, 3.05) is 0 Å². The second-order valence-corrected chi connectivity index (χ2v) is 12.2. The average Bonchev–Trinajstić information content (AvgIpc) is 2.95. The molecule has 2 aliphatic rings. The summed E-state index contributed by atoms with van der Waals surface area (Å²) in [5, 5.41) is 0. The van der Waals surface area contributed by atoms with E-state index in [1.54, 1.807) is 0 Å². The molecule has 0 atom stereocenters. The van der Waals surface area contributed by atoms with Gasteiger partial charge in [0.2, 0.25) is 0 Å². The molecular weight excluding hydrogens is 519 g/mol. The van der Waals surface area contributed by atoms with Gasteiger partial charge in [0.05, 0.1) is 0 Å². The summed E-state index contributed by atoms with van der Waals surface area (Å²) in [7, 11) is 0. The van der Waals surface area contributed by atoms with E-state index in [9.17, 15) is 17.6 Å². The van der Waals surface area contributed by atoms with E-state index in [0.29, 0.717) is 36.8 Å². The third kappa shape index (κ3) is 8.22. The van der Waals surface area contributed by atoms with Crippen molar-refractivity contribution in [1.82, 2.24) is 0 Å². The summed E-state index contributed by atoms with van der Waals surface area (Å²) >= 11 is 0. The number of hydrogen-bond acceptors (Lipinski definition) is 1. The van der Waals surface area contributed by atoms with Crippen molar-refractivity contribution >= 4 is 0 Å². The van der Waals surface area contributed by atoms with E-state index in [4.69, 9.17) is 4.74 Å². The van der Waals surface area contributed by atoms with Gasteiger partial charge in [-0.3, -0.25) is 0 Å². The van der Waals surface area contributed by atoms with Crippen LogP contribution in [0.1, 0.15) is 128 Å². The minimum Gasteiger partial charge on any atom is -0.453 e. The zero-order chi connectivity index (χ0) is 28.5. The number of unbranched alkanes of at least 4 members (excludes halogenated alkanes) is 7. The van der Waals surface area contributed by atoms with Crippen molar-refractivity contribution in [3.63, 3.8) is 0 Å². The Balaban J connectivity index is 1.23. The standard InChI is InChI=1S/C34H44F5O/c1-2-3-4-5-6-7-8-9-10-23-11-13-24(14-12-23)25-15-17-26(18-16-25)32-28(35)19-20-31(34(32)39)40-27-21-29(36)33(38)30(37)22-27/h19,21-26H,2-18H2,1H3/t23-,24-,25?,26?. The normalized spacial score (nSPS) is 23.4. The molecular formula is C34H44F5O. The number of hydrogen-bond donors (Lipinski definition) is 0. The lowest BCUT2D eigenvalue weighted by Crippen LogP contribution is -2.26. The van der Waals surface area contributed by atoms with Crippen LogP contribution in [0.2, 0.25) is 0 Å². The molecule has 40 heavy (non-hydrogen) atoms. The molecule has 0 aliphatic heterocycles. The van der Waals surface area contributed by atoms with E-state index in [-0.39, 0.29) is 11.5 Å². The van der Waals surface area contributed by atoms with Crippen LogP contribution in [0.5, 0.6) is 11.5 Å². The summed E-state index contributed by atoms with van der Waals surface area (Å²) in [6, 6.07) is 4.63. The third-order valence-electron chi connectivity index (χ3n) is 9.40. The van der Waals surface area contributed by atoms with E-state index in [1.165, 1.54) is 83.5 Å². The fraction of sp³-hybridized carbons (Fsp3) is 0.647. The zero-order valence-electron chi connectivity index (χ0n) is 23.9. The number of benzene rings is 2. The van der Waals surface area contributed by atoms with Gasteiger partial charge in [-0.15, -0.1) is 0 Å². The summed E-state index contributed by atoms with van der Waals surface area (Å²) in [4.78, 5) is 0. The average molecular weight is 564 g/mol. The molecule has 0 unspecified atom stereocenters. The zero-order valence-corrected chi connectivity index (χ0v) is 23.9. The molecule has 0 N–H and O–H groups in total. The molecule has 0 heterocycles. The van der Waals surface area contributed by atoms with Gasteiger partial charge < -0.3 is 4.74 Å². The van der Waals surface area contributed by atoms with E-state index in [1.807, 2.05) is 0 Å². The minimum absolute atomic E-state index is 0.0515. The first kappa shape index (κ1) is 30.8. The van der Waals surface area contributed by atoms with Gasteiger partial charge in [0, 0.05) is 23.8 Å². The Morgan fingerprint density at radius 3 is 1.82 bits per heavy atom. The first-order valence-corrected chi connectivity index (χ1v) is 15.6. The molecule has 1 radical (unpaired) electrons. The molecule has 6 heteroatoms. The Morgan fingerprint density at radius 1 is 0.675 bits per heavy atom. The Kier molecular flexibility index (Phi) is 11.7. The van der Waals surface area contributed by atoms with Crippen molar-refractivity contribution in [3.8, 4) is 11.5 Å². The van der Waals surface area contributed by atoms with E-state index < -0.39 is 40.6 Å². The number of halogens is 5. The fourth-order valence-corrected chi connectivity index (χ4v) is 7.05. The Labute approximate surface area is 236 Å². The molecule has 0 amide bonds. The van der Waals surface area contributed by atoms with Crippen LogP contribution in [-0.4, -0.2) is 0 Å². The quantitative estimate of drug-likeness (QED) is 0.134.